The summed E-state index contributed by atoms with van der Waals surface area (Å²) >= 11 is 7.41. The van der Waals surface area contributed by atoms with Crippen molar-refractivity contribution in [3.05, 3.63) is 52.5 Å². The molecule has 1 heterocycles. The van der Waals surface area contributed by atoms with Gasteiger partial charge in [0.1, 0.15) is 0 Å². The number of hydrogen-bond donors (Lipinski definition) is 1. The van der Waals surface area contributed by atoms with Crippen molar-refractivity contribution in [2.45, 2.75) is 25.2 Å². The van der Waals surface area contributed by atoms with E-state index in [2.05, 4.69) is 10.3 Å². The average molecular weight is 409 g/mol. The number of sulfone groups is 1. The molecule has 5 nitrogen and oxygen atoms in total. The van der Waals surface area contributed by atoms with Gasteiger partial charge >= 0.3 is 0 Å². The van der Waals surface area contributed by atoms with Gasteiger partial charge in [-0.05, 0) is 43.7 Å². The van der Waals surface area contributed by atoms with Gasteiger partial charge in [-0.3, -0.25) is 4.79 Å². The van der Waals surface area contributed by atoms with Gasteiger partial charge in [0.05, 0.1) is 20.9 Å². The number of carbonyl (C=O) groups is 1. The maximum Gasteiger partial charge on any atom is 0.227 e. The number of aromatic nitrogens is 1. The molecule has 0 aliphatic heterocycles. The number of anilines is 1. The zero-order valence-electron chi connectivity index (χ0n) is 14.2. The molecule has 8 heteroatoms. The van der Waals surface area contributed by atoms with E-state index in [-0.39, 0.29) is 23.0 Å². The van der Waals surface area contributed by atoms with Crippen molar-refractivity contribution in [2.75, 3.05) is 11.1 Å². The fraction of sp³-hybridized carbons (Fsp3) is 0.222. The van der Waals surface area contributed by atoms with E-state index in [1.165, 1.54) is 11.3 Å². The molecular weight excluding hydrogens is 392 g/mol. The summed E-state index contributed by atoms with van der Waals surface area (Å²) in [6.07, 6.45) is -0.133. The van der Waals surface area contributed by atoms with E-state index in [1.54, 1.807) is 30.3 Å². The van der Waals surface area contributed by atoms with Gasteiger partial charge in [-0.15, -0.1) is 0 Å². The Kier molecular flexibility index (Phi) is 5.32. The fourth-order valence-electron chi connectivity index (χ4n) is 2.43. The predicted molar refractivity (Wildman–Crippen MR) is 106 cm³/mol. The van der Waals surface area contributed by atoms with Crippen molar-refractivity contribution in [1.82, 2.24) is 4.98 Å². The highest BCUT2D eigenvalue weighted by atomic mass is 35.5. The van der Waals surface area contributed by atoms with E-state index in [4.69, 9.17) is 11.6 Å². The highest BCUT2D eigenvalue weighted by Gasteiger charge is 2.17. The largest absolute Gasteiger partial charge is 0.302 e. The van der Waals surface area contributed by atoms with E-state index in [0.29, 0.717) is 10.2 Å². The Balaban J connectivity index is 1.67. The van der Waals surface area contributed by atoms with Gasteiger partial charge in [-0.25, -0.2) is 13.4 Å². The van der Waals surface area contributed by atoms with Crippen molar-refractivity contribution >= 4 is 54.0 Å². The lowest BCUT2D eigenvalue weighted by Gasteiger charge is -2.05. The number of amides is 1. The number of nitrogens with one attached hydrogen (secondary N) is 1. The summed E-state index contributed by atoms with van der Waals surface area (Å²) in [4.78, 5) is 16.7. The molecule has 0 saturated heterocycles. The minimum absolute atomic E-state index is 0.133. The van der Waals surface area contributed by atoms with Crippen LogP contribution < -0.4 is 5.32 Å². The van der Waals surface area contributed by atoms with Crippen LogP contribution >= 0.6 is 22.9 Å². The number of hydrogen-bond acceptors (Lipinski definition) is 5. The summed E-state index contributed by atoms with van der Waals surface area (Å²) in [6, 6.07) is 10.2. The minimum atomic E-state index is -3.50. The van der Waals surface area contributed by atoms with Crippen LogP contribution in [0.25, 0.3) is 10.2 Å². The molecule has 3 rings (SSSR count). The standard InChI is InChI=1S/C18H17ClN2O3S2/c1-11-3-5-13(6-4-11)26(23,24)10-9-16(22)20-18-21-17-12(2)14(19)7-8-15(17)25-18/h3-8H,9-10H2,1-2H3,(H,20,21,22). The normalized spacial score (nSPS) is 11.7. The van der Waals surface area contributed by atoms with Crippen LogP contribution in [0, 0.1) is 13.8 Å². The Bertz CT molecular complexity index is 1070. The molecule has 0 spiro atoms. The molecule has 1 aromatic heterocycles. The summed E-state index contributed by atoms with van der Waals surface area (Å²) in [5, 5.41) is 3.72. The first kappa shape index (κ1) is 18.8. The SMILES string of the molecule is Cc1ccc(S(=O)(=O)CCC(=O)Nc2nc3c(C)c(Cl)ccc3s2)cc1. The van der Waals surface area contributed by atoms with E-state index in [1.807, 2.05) is 19.9 Å². The lowest BCUT2D eigenvalue weighted by atomic mass is 10.2. The molecule has 0 atom stereocenters. The predicted octanol–water partition coefficient (Wildman–Crippen LogP) is 4.37. The fourth-order valence-corrected chi connectivity index (χ4v) is 4.76. The van der Waals surface area contributed by atoms with Crippen LogP contribution in [0.15, 0.2) is 41.3 Å². The number of carbonyl (C=O) groups excluding carboxylic acids is 1. The molecule has 0 bridgehead atoms. The first-order chi connectivity index (χ1) is 12.3. The monoisotopic (exact) mass is 408 g/mol. The Hall–Kier alpha value is -1.96. The zero-order valence-corrected chi connectivity index (χ0v) is 16.6. The smallest absolute Gasteiger partial charge is 0.227 e. The number of halogens is 1. The van der Waals surface area contributed by atoms with Crippen molar-refractivity contribution in [2.24, 2.45) is 0 Å². The number of benzene rings is 2. The van der Waals surface area contributed by atoms with E-state index >= 15 is 0 Å². The van der Waals surface area contributed by atoms with Crippen LogP contribution in [0.3, 0.4) is 0 Å². The molecule has 136 valence electrons. The summed E-state index contributed by atoms with van der Waals surface area (Å²) in [6.45, 7) is 3.75. The molecule has 0 aliphatic carbocycles. The molecule has 0 aliphatic rings. The minimum Gasteiger partial charge on any atom is -0.302 e. The number of nitrogens with zero attached hydrogens (tertiary/aromatic N) is 1. The molecule has 1 amide bonds. The number of fused-ring (bicyclic) bond motifs is 1. The molecule has 26 heavy (non-hydrogen) atoms. The van der Waals surface area contributed by atoms with Crippen LogP contribution in [0.1, 0.15) is 17.5 Å². The quantitative estimate of drug-likeness (QED) is 0.680. The average Bonchev–Trinajstić information content (AvgIpc) is 3.00. The highest BCUT2D eigenvalue weighted by Crippen LogP contribution is 2.31. The summed E-state index contributed by atoms with van der Waals surface area (Å²) in [5.74, 6) is -0.638. The van der Waals surface area contributed by atoms with Crippen LogP contribution in [-0.2, 0) is 14.6 Å². The summed E-state index contributed by atoms with van der Waals surface area (Å²) in [5.41, 5.74) is 2.57. The molecule has 0 fully saturated rings. The lowest BCUT2D eigenvalue weighted by Crippen LogP contribution is -2.17. The van der Waals surface area contributed by atoms with E-state index in [0.717, 1.165) is 21.3 Å². The van der Waals surface area contributed by atoms with Crippen molar-refractivity contribution < 1.29 is 13.2 Å². The molecule has 0 unspecified atom stereocenters. The van der Waals surface area contributed by atoms with Gasteiger partial charge in [-0.1, -0.05) is 40.6 Å². The van der Waals surface area contributed by atoms with Crippen LogP contribution in [-0.4, -0.2) is 25.1 Å². The van der Waals surface area contributed by atoms with Gasteiger partial charge in [0.2, 0.25) is 5.91 Å². The second-order valence-electron chi connectivity index (χ2n) is 5.97. The second-order valence-corrected chi connectivity index (χ2v) is 9.52. The topological polar surface area (TPSA) is 76.1 Å². The van der Waals surface area contributed by atoms with E-state index in [9.17, 15) is 13.2 Å². The lowest BCUT2D eigenvalue weighted by molar-refractivity contribution is -0.115. The summed E-state index contributed by atoms with van der Waals surface area (Å²) in [7, 11) is -3.50. The second kappa shape index (κ2) is 7.34. The van der Waals surface area contributed by atoms with Crippen LogP contribution in [0.5, 0.6) is 0 Å². The Morgan fingerprint density at radius 1 is 1.15 bits per heavy atom. The van der Waals surface area contributed by atoms with E-state index < -0.39 is 9.84 Å². The van der Waals surface area contributed by atoms with Gasteiger partial charge in [0.15, 0.2) is 15.0 Å². The Morgan fingerprint density at radius 2 is 1.85 bits per heavy atom. The third kappa shape index (κ3) is 4.06. The Morgan fingerprint density at radius 3 is 2.54 bits per heavy atom. The first-order valence-electron chi connectivity index (χ1n) is 7.91. The third-order valence-electron chi connectivity index (χ3n) is 3.97. The number of rotatable bonds is 5. The van der Waals surface area contributed by atoms with Gasteiger partial charge in [0.25, 0.3) is 0 Å². The van der Waals surface area contributed by atoms with Crippen LogP contribution in [0.2, 0.25) is 5.02 Å². The molecule has 3 aromatic rings. The third-order valence-corrected chi connectivity index (χ3v) is 7.05. The van der Waals surface area contributed by atoms with Gasteiger partial charge < -0.3 is 5.32 Å². The first-order valence-corrected chi connectivity index (χ1v) is 10.8. The molecule has 0 radical (unpaired) electrons. The molecule has 0 saturated carbocycles. The number of thiazole rings is 1. The maximum atomic E-state index is 12.3. The van der Waals surface area contributed by atoms with Crippen LogP contribution in [0.4, 0.5) is 5.13 Å². The molecule has 2 aromatic carbocycles. The molecular formula is C18H17ClN2O3S2. The highest BCUT2D eigenvalue weighted by molar-refractivity contribution is 7.91. The van der Waals surface area contributed by atoms with Crippen molar-refractivity contribution in [3.8, 4) is 0 Å². The Labute approximate surface area is 160 Å². The number of aryl methyl sites for hydroxylation is 2. The van der Waals surface area contributed by atoms with Gasteiger partial charge in [0, 0.05) is 11.4 Å². The summed E-state index contributed by atoms with van der Waals surface area (Å²) < 4.78 is 25.5. The molecule has 1 N–H and O–H groups in total. The maximum absolute atomic E-state index is 12.3. The van der Waals surface area contributed by atoms with Gasteiger partial charge in [-0.2, -0.15) is 0 Å². The van der Waals surface area contributed by atoms with Crippen molar-refractivity contribution in [3.63, 3.8) is 0 Å². The zero-order chi connectivity index (χ0) is 18.9. The van der Waals surface area contributed by atoms with Crippen molar-refractivity contribution in [1.29, 1.82) is 0 Å².